The van der Waals surface area contributed by atoms with Crippen LogP contribution in [-0.2, 0) is 11.3 Å². The minimum absolute atomic E-state index is 0.234. The van der Waals surface area contributed by atoms with Crippen LogP contribution in [0.4, 0.5) is 0 Å². The third-order valence-electron chi connectivity index (χ3n) is 3.34. The van der Waals surface area contributed by atoms with E-state index in [1.165, 1.54) is 0 Å². The minimum atomic E-state index is 0.234. The quantitative estimate of drug-likeness (QED) is 0.592. The molecule has 2 aromatic carbocycles. The van der Waals surface area contributed by atoms with E-state index in [1.54, 1.807) is 24.5 Å². The van der Waals surface area contributed by atoms with Crippen LogP contribution in [-0.4, -0.2) is 21.7 Å². The highest BCUT2D eigenvalue weighted by Gasteiger charge is 1.99. The van der Waals surface area contributed by atoms with Gasteiger partial charge in [-0.3, -0.25) is 0 Å². The van der Waals surface area contributed by atoms with E-state index in [1.807, 2.05) is 42.5 Å². The predicted molar refractivity (Wildman–Crippen MR) is 92.1 cm³/mol. The van der Waals surface area contributed by atoms with Gasteiger partial charge < -0.3 is 9.84 Å². The molecule has 3 aromatic rings. The Morgan fingerprint density at radius 1 is 0.875 bits per heavy atom. The fraction of sp³-hybridized carbons (Fsp3) is 0.100. The van der Waals surface area contributed by atoms with Crippen molar-refractivity contribution in [3.8, 4) is 28.7 Å². The summed E-state index contributed by atoms with van der Waals surface area (Å²) < 4.78 is 5.49. The Hall–Kier alpha value is -3.16. The smallest absolute Gasteiger partial charge is 0.204 e. The van der Waals surface area contributed by atoms with Gasteiger partial charge in [0.1, 0.15) is 12.4 Å². The molecule has 1 N–H and O–H groups in total. The van der Waals surface area contributed by atoms with Gasteiger partial charge in [-0.2, -0.15) is 0 Å². The number of benzene rings is 2. The molecule has 0 aliphatic heterocycles. The average Bonchev–Trinajstić information content (AvgIpc) is 2.64. The lowest BCUT2D eigenvalue weighted by molar-refractivity contribution is 0.153. The van der Waals surface area contributed by atoms with Crippen molar-refractivity contribution in [3.05, 3.63) is 78.4 Å². The molecule has 3 rings (SSSR count). The monoisotopic (exact) mass is 316 g/mol. The van der Waals surface area contributed by atoms with Gasteiger partial charge in [0, 0.05) is 18.0 Å². The summed E-state index contributed by atoms with van der Waals surface area (Å²) in [6.07, 6.45) is 3.43. The maximum absolute atomic E-state index is 9.30. The second-order valence-corrected chi connectivity index (χ2v) is 5.12. The Kier molecular flexibility index (Phi) is 5.18. The summed E-state index contributed by atoms with van der Waals surface area (Å²) in [5, 5.41) is 9.30. The second kappa shape index (κ2) is 7.91. The summed E-state index contributed by atoms with van der Waals surface area (Å²) in [5.74, 6) is 6.48. The van der Waals surface area contributed by atoms with E-state index in [0.29, 0.717) is 19.0 Å². The number of hydrogen-bond acceptors (Lipinski definition) is 4. The largest absolute Gasteiger partial charge is 0.508 e. The molecule has 4 heteroatoms. The van der Waals surface area contributed by atoms with Crippen LogP contribution >= 0.6 is 0 Å². The van der Waals surface area contributed by atoms with Gasteiger partial charge in [0.25, 0.3) is 0 Å². The molecule has 0 unspecified atom stereocenters. The Balaban J connectivity index is 1.54. The van der Waals surface area contributed by atoms with Gasteiger partial charge in [0.15, 0.2) is 0 Å². The van der Waals surface area contributed by atoms with Crippen LogP contribution < -0.4 is 0 Å². The zero-order valence-corrected chi connectivity index (χ0v) is 13.0. The third-order valence-corrected chi connectivity index (χ3v) is 3.34. The van der Waals surface area contributed by atoms with Crippen LogP contribution in [0.5, 0.6) is 5.75 Å². The SMILES string of the molecule is Oc1ccc(-c2cnc(C#CCOCc3ccccc3)nc2)cc1. The van der Waals surface area contributed by atoms with E-state index < -0.39 is 0 Å². The summed E-state index contributed by atoms with van der Waals surface area (Å²) in [5.41, 5.74) is 2.94. The molecule has 0 atom stereocenters. The van der Waals surface area contributed by atoms with Crippen molar-refractivity contribution in [2.75, 3.05) is 6.61 Å². The number of aromatic hydroxyl groups is 1. The molecule has 0 radical (unpaired) electrons. The van der Waals surface area contributed by atoms with Gasteiger partial charge in [-0.15, -0.1) is 0 Å². The first-order valence-corrected chi connectivity index (χ1v) is 7.53. The number of phenolic OH excluding ortho intramolecular Hbond substituents is 1. The van der Waals surface area contributed by atoms with E-state index >= 15 is 0 Å². The van der Waals surface area contributed by atoms with Gasteiger partial charge in [0.2, 0.25) is 5.82 Å². The first kappa shape index (κ1) is 15.7. The summed E-state index contributed by atoms with van der Waals surface area (Å²) in [6.45, 7) is 0.869. The van der Waals surface area contributed by atoms with Crippen LogP contribution in [0.3, 0.4) is 0 Å². The molecule has 0 saturated carbocycles. The zero-order valence-electron chi connectivity index (χ0n) is 13.0. The second-order valence-electron chi connectivity index (χ2n) is 5.12. The van der Waals surface area contributed by atoms with Crippen molar-refractivity contribution in [2.45, 2.75) is 6.61 Å². The van der Waals surface area contributed by atoms with E-state index in [9.17, 15) is 5.11 Å². The highest BCUT2D eigenvalue weighted by molar-refractivity contribution is 5.62. The van der Waals surface area contributed by atoms with E-state index in [4.69, 9.17) is 4.74 Å². The molecule has 118 valence electrons. The molecule has 0 aliphatic carbocycles. The summed E-state index contributed by atoms with van der Waals surface area (Å²) in [7, 11) is 0. The van der Waals surface area contributed by atoms with Crippen LogP contribution in [0.1, 0.15) is 11.4 Å². The molecule has 0 saturated heterocycles. The van der Waals surface area contributed by atoms with Crippen molar-refractivity contribution in [2.24, 2.45) is 0 Å². The van der Waals surface area contributed by atoms with E-state index in [-0.39, 0.29) is 5.75 Å². The molecule has 1 heterocycles. The molecule has 0 aliphatic rings. The summed E-state index contributed by atoms with van der Waals surface area (Å²) in [6, 6.07) is 16.9. The predicted octanol–water partition coefficient (Wildman–Crippen LogP) is 3.42. The molecule has 0 amide bonds. The molecule has 0 bridgehead atoms. The maximum atomic E-state index is 9.30. The molecular formula is C20H16N2O2. The lowest BCUT2D eigenvalue weighted by atomic mass is 10.1. The Labute approximate surface area is 140 Å². The number of rotatable bonds is 4. The topological polar surface area (TPSA) is 55.2 Å². The lowest BCUT2D eigenvalue weighted by Crippen LogP contribution is -1.94. The van der Waals surface area contributed by atoms with E-state index in [2.05, 4.69) is 21.8 Å². The average molecular weight is 316 g/mol. The Morgan fingerprint density at radius 2 is 1.58 bits per heavy atom. The summed E-state index contributed by atoms with van der Waals surface area (Å²) in [4.78, 5) is 8.46. The molecule has 0 spiro atoms. The fourth-order valence-corrected chi connectivity index (χ4v) is 2.10. The van der Waals surface area contributed by atoms with Crippen LogP contribution in [0, 0.1) is 11.8 Å². The van der Waals surface area contributed by atoms with Crippen LogP contribution in [0.15, 0.2) is 67.0 Å². The number of nitrogens with zero attached hydrogens (tertiary/aromatic N) is 2. The van der Waals surface area contributed by atoms with E-state index in [0.717, 1.165) is 16.7 Å². The third kappa shape index (κ3) is 4.42. The molecular weight excluding hydrogens is 300 g/mol. The first-order valence-electron chi connectivity index (χ1n) is 7.53. The normalized spacial score (nSPS) is 10.0. The Bertz CT molecular complexity index is 833. The number of ether oxygens (including phenoxy) is 1. The minimum Gasteiger partial charge on any atom is -0.508 e. The van der Waals surface area contributed by atoms with Crippen LogP contribution in [0.2, 0.25) is 0 Å². The maximum Gasteiger partial charge on any atom is 0.204 e. The highest BCUT2D eigenvalue weighted by Crippen LogP contribution is 2.20. The van der Waals surface area contributed by atoms with Crippen molar-refractivity contribution < 1.29 is 9.84 Å². The molecule has 24 heavy (non-hydrogen) atoms. The van der Waals surface area contributed by atoms with Gasteiger partial charge in [-0.05, 0) is 29.2 Å². The first-order chi connectivity index (χ1) is 11.8. The van der Waals surface area contributed by atoms with Gasteiger partial charge in [0.05, 0.1) is 6.61 Å². The van der Waals surface area contributed by atoms with Crippen molar-refractivity contribution in [3.63, 3.8) is 0 Å². The number of phenols is 1. The standard InChI is InChI=1S/C20H16N2O2/c23-19-10-8-17(9-11-19)18-13-21-20(22-14-18)7-4-12-24-15-16-5-2-1-3-6-16/h1-3,5-6,8-11,13-14,23H,12,15H2. The van der Waals surface area contributed by atoms with Gasteiger partial charge >= 0.3 is 0 Å². The van der Waals surface area contributed by atoms with Crippen molar-refractivity contribution >= 4 is 0 Å². The van der Waals surface area contributed by atoms with Crippen LogP contribution in [0.25, 0.3) is 11.1 Å². The highest BCUT2D eigenvalue weighted by atomic mass is 16.5. The summed E-state index contributed by atoms with van der Waals surface area (Å²) >= 11 is 0. The molecule has 4 nitrogen and oxygen atoms in total. The zero-order chi connectivity index (χ0) is 16.6. The van der Waals surface area contributed by atoms with Crippen molar-refractivity contribution in [1.82, 2.24) is 9.97 Å². The van der Waals surface area contributed by atoms with Gasteiger partial charge in [-0.1, -0.05) is 48.4 Å². The molecule has 1 aromatic heterocycles. The fourth-order valence-electron chi connectivity index (χ4n) is 2.10. The number of aromatic nitrogens is 2. The molecule has 0 fully saturated rings. The van der Waals surface area contributed by atoms with Gasteiger partial charge in [-0.25, -0.2) is 9.97 Å². The Morgan fingerprint density at radius 3 is 2.29 bits per heavy atom. The number of hydrogen-bond donors (Lipinski definition) is 1. The lowest BCUT2D eigenvalue weighted by Gasteiger charge is -2.01. The van der Waals surface area contributed by atoms with Crippen molar-refractivity contribution in [1.29, 1.82) is 0 Å².